The van der Waals surface area contributed by atoms with Crippen LogP contribution >= 0.6 is 0 Å². The molecule has 0 aliphatic carbocycles. The molecule has 3 aromatic carbocycles. The van der Waals surface area contributed by atoms with Crippen LogP contribution in [0, 0.1) is 6.92 Å². The average molecular weight is 617 g/mol. The number of rotatable bonds is 12. The zero-order valence-electron chi connectivity index (χ0n) is 26.2. The smallest absolute Gasteiger partial charge is 0.295 e. The van der Waals surface area contributed by atoms with E-state index in [4.69, 9.17) is 23.7 Å². The molecule has 2 fully saturated rings. The Morgan fingerprint density at radius 2 is 1.60 bits per heavy atom. The van der Waals surface area contributed by atoms with Gasteiger partial charge in [-0.2, -0.15) is 0 Å². The van der Waals surface area contributed by atoms with E-state index in [1.54, 1.807) is 24.3 Å². The van der Waals surface area contributed by atoms with Crippen molar-refractivity contribution in [3.05, 3.63) is 88.5 Å². The van der Waals surface area contributed by atoms with Gasteiger partial charge in [-0.05, 0) is 60.4 Å². The number of benzene rings is 3. The monoisotopic (exact) mass is 616 g/mol. The quantitative estimate of drug-likeness (QED) is 0.175. The summed E-state index contributed by atoms with van der Waals surface area (Å²) < 4.78 is 28.1. The van der Waals surface area contributed by atoms with Crippen molar-refractivity contribution in [2.24, 2.45) is 0 Å². The summed E-state index contributed by atoms with van der Waals surface area (Å²) >= 11 is 0. The average Bonchev–Trinajstić information content (AvgIpc) is 3.32. The maximum Gasteiger partial charge on any atom is 0.295 e. The molecule has 10 nitrogen and oxygen atoms in total. The molecule has 1 amide bonds. The first-order chi connectivity index (χ1) is 21.9. The number of morpholine rings is 1. The highest BCUT2D eigenvalue weighted by Gasteiger charge is 2.46. The number of hydrogen-bond donors (Lipinski definition) is 1. The summed E-state index contributed by atoms with van der Waals surface area (Å²) in [6.45, 7) is 6.26. The molecule has 45 heavy (non-hydrogen) atoms. The molecule has 1 atom stereocenters. The predicted molar refractivity (Wildman–Crippen MR) is 169 cm³/mol. The van der Waals surface area contributed by atoms with E-state index in [1.807, 2.05) is 43.3 Å². The summed E-state index contributed by atoms with van der Waals surface area (Å²) in [5, 5.41) is 11.8. The van der Waals surface area contributed by atoms with Gasteiger partial charge >= 0.3 is 0 Å². The highest BCUT2D eigenvalue weighted by Crippen LogP contribution is 2.46. The molecule has 0 saturated carbocycles. The molecule has 0 bridgehead atoms. The van der Waals surface area contributed by atoms with E-state index in [0.717, 1.165) is 25.2 Å². The number of aryl methyl sites for hydroxylation is 1. The maximum absolute atomic E-state index is 13.7. The second-order valence-electron chi connectivity index (χ2n) is 11.0. The lowest BCUT2D eigenvalue weighted by Crippen LogP contribution is -2.39. The van der Waals surface area contributed by atoms with E-state index < -0.39 is 17.7 Å². The van der Waals surface area contributed by atoms with Crippen LogP contribution in [0.5, 0.6) is 23.0 Å². The van der Waals surface area contributed by atoms with Crippen LogP contribution in [-0.2, 0) is 20.9 Å². The lowest BCUT2D eigenvalue weighted by Gasteiger charge is -2.29. The van der Waals surface area contributed by atoms with E-state index in [0.29, 0.717) is 72.5 Å². The number of likely N-dealkylation sites (tertiary alicyclic amines) is 1. The molecule has 0 radical (unpaired) electrons. The fraction of sp³-hybridized carbons (Fsp3) is 0.371. The number of carbonyl (C=O) groups excluding carboxylic acids is 2. The van der Waals surface area contributed by atoms with Gasteiger partial charge in [-0.25, -0.2) is 0 Å². The number of amides is 1. The number of Topliss-reactive ketones (excluding diaryl/α,β-unsaturated/α-hetero) is 1. The molecule has 2 aliphatic rings. The third kappa shape index (κ3) is 6.92. The molecule has 0 unspecified atom stereocenters. The van der Waals surface area contributed by atoms with Gasteiger partial charge in [0.1, 0.15) is 18.1 Å². The minimum Gasteiger partial charge on any atom is -0.507 e. The Hall–Kier alpha value is -4.54. The number of aliphatic hydroxyl groups excluding tert-OH is 1. The lowest BCUT2D eigenvalue weighted by molar-refractivity contribution is -0.140. The van der Waals surface area contributed by atoms with Crippen molar-refractivity contribution < 1.29 is 38.4 Å². The summed E-state index contributed by atoms with van der Waals surface area (Å²) in [5.41, 5.74) is 2.71. The Bertz CT molecular complexity index is 1520. The molecule has 5 rings (SSSR count). The first kappa shape index (κ1) is 31.9. The topological polar surface area (TPSA) is 107 Å². The van der Waals surface area contributed by atoms with Crippen LogP contribution < -0.4 is 18.9 Å². The standard InChI is InChI=1S/C35H40N2O8/c1-23-19-26(45-22-24-9-6-5-7-10-24)11-12-27(23)32(38)30-31(25-20-28(41-2)34(43-4)29(21-25)42-3)37(35(40)33(30)39)14-8-13-36-15-17-44-18-16-36/h5-7,9-12,19-21,31,38H,8,13-18,22H2,1-4H3/t31-/m0/s1. The fourth-order valence-corrected chi connectivity index (χ4v) is 5.88. The summed E-state index contributed by atoms with van der Waals surface area (Å²) in [4.78, 5) is 31.1. The lowest BCUT2D eigenvalue weighted by atomic mass is 9.93. The highest BCUT2D eigenvalue weighted by molar-refractivity contribution is 6.46. The van der Waals surface area contributed by atoms with Gasteiger partial charge in [0.15, 0.2) is 11.5 Å². The van der Waals surface area contributed by atoms with Gasteiger partial charge in [0.2, 0.25) is 5.75 Å². The fourth-order valence-electron chi connectivity index (χ4n) is 5.88. The van der Waals surface area contributed by atoms with Crippen molar-refractivity contribution in [1.29, 1.82) is 0 Å². The molecule has 0 aromatic heterocycles. The first-order valence-corrected chi connectivity index (χ1v) is 15.0. The van der Waals surface area contributed by atoms with Gasteiger partial charge in [0.05, 0.1) is 46.2 Å². The van der Waals surface area contributed by atoms with Crippen LogP contribution in [-0.4, -0.2) is 87.3 Å². The van der Waals surface area contributed by atoms with Crippen LogP contribution in [0.1, 0.15) is 34.7 Å². The number of carbonyl (C=O) groups is 2. The van der Waals surface area contributed by atoms with Crippen LogP contribution in [0.4, 0.5) is 0 Å². The second-order valence-corrected chi connectivity index (χ2v) is 11.0. The molecule has 2 aliphatic heterocycles. The largest absolute Gasteiger partial charge is 0.507 e. The van der Waals surface area contributed by atoms with Gasteiger partial charge in [-0.15, -0.1) is 0 Å². The minimum atomic E-state index is -0.878. The van der Waals surface area contributed by atoms with Crippen molar-refractivity contribution in [1.82, 2.24) is 9.80 Å². The zero-order valence-corrected chi connectivity index (χ0v) is 26.2. The summed E-state index contributed by atoms with van der Waals surface area (Å²) in [7, 11) is 4.52. The van der Waals surface area contributed by atoms with Crippen molar-refractivity contribution in [3.8, 4) is 23.0 Å². The van der Waals surface area contributed by atoms with Gasteiger partial charge in [0.25, 0.3) is 11.7 Å². The summed E-state index contributed by atoms with van der Waals surface area (Å²) in [6, 6.07) is 17.6. The van der Waals surface area contributed by atoms with Crippen molar-refractivity contribution in [2.45, 2.75) is 26.0 Å². The molecule has 0 spiro atoms. The zero-order chi connectivity index (χ0) is 31.9. The Morgan fingerprint density at radius 1 is 0.911 bits per heavy atom. The number of nitrogens with zero attached hydrogens (tertiary/aromatic N) is 2. The molecular weight excluding hydrogens is 576 g/mol. The molecule has 2 saturated heterocycles. The van der Waals surface area contributed by atoms with E-state index in [2.05, 4.69) is 4.90 Å². The number of methoxy groups -OCH3 is 3. The molecule has 10 heteroatoms. The number of ketones is 1. The van der Waals surface area contributed by atoms with Gasteiger partial charge < -0.3 is 33.7 Å². The van der Waals surface area contributed by atoms with E-state index in [-0.39, 0.29) is 11.3 Å². The van der Waals surface area contributed by atoms with E-state index >= 15 is 0 Å². The number of hydrogen-bond acceptors (Lipinski definition) is 9. The first-order valence-electron chi connectivity index (χ1n) is 15.0. The molecule has 3 aromatic rings. The van der Waals surface area contributed by atoms with Crippen LogP contribution in [0.15, 0.2) is 66.2 Å². The van der Waals surface area contributed by atoms with Crippen molar-refractivity contribution in [3.63, 3.8) is 0 Å². The van der Waals surface area contributed by atoms with Crippen molar-refractivity contribution in [2.75, 3.05) is 60.7 Å². The van der Waals surface area contributed by atoms with Crippen LogP contribution in [0.2, 0.25) is 0 Å². The van der Waals surface area contributed by atoms with E-state index in [9.17, 15) is 14.7 Å². The Kier molecular flexibility index (Phi) is 10.3. The van der Waals surface area contributed by atoms with Gasteiger partial charge in [0, 0.05) is 31.7 Å². The number of aliphatic hydroxyl groups is 1. The number of ether oxygens (including phenoxy) is 5. The molecule has 2 heterocycles. The third-order valence-corrected chi connectivity index (χ3v) is 8.22. The Balaban J connectivity index is 1.51. The van der Waals surface area contributed by atoms with Crippen LogP contribution in [0.25, 0.3) is 5.76 Å². The SMILES string of the molecule is COc1cc([C@H]2C(=C(O)c3ccc(OCc4ccccc4)cc3C)C(=O)C(=O)N2CCCN2CCOCC2)cc(OC)c1OC. The Labute approximate surface area is 263 Å². The second kappa shape index (κ2) is 14.5. The molecule has 1 N–H and O–H groups in total. The summed E-state index contributed by atoms with van der Waals surface area (Å²) in [5.74, 6) is 0.0883. The predicted octanol–water partition coefficient (Wildman–Crippen LogP) is 4.74. The highest BCUT2D eigenvalue weighted by atomic mass is 16.5. The molecular formula is C35H40N2O8. The van der Waals surface area contributed by atoms with Gasteiger partial charge in [-0.1, -0.05) is 30.3 Å². The third-order valence-electron chi connectivity index (χ3n) is 8.22. The van der Waals surface area contributed by atoms with Gasteiger partial charge in [-0.3, -0.25) is 14.5 Å². The molecule has 238 valence electrons. The summed E-state index contributed by atoms with van der Waals surface area (Å²) in [6.07, 6.45) is 0.639. The van der Waals surface area contributed by atoms with Crippen LogP contribution in [0.3, 0.4) is 0 Å². The minimum absolute atomic E-state index is 0.00157. The van der Waals surface area contributed by atoms with Crippen molar-refractivity contribution >= 4 is 17.4 Å². The Morgan fingerprint density at radius 3 is 2.22 bits per heavy atom. The maximum atomic E-state index is 13.7. The normalized spacial score (nSPS) is 18.2. The van der Waals surface area contributed by atoms with E-state index in [1.165, 1.54) is 26.2 Å².